The van der Waals surface area contributed by atoms with E-state index in [0.29, 0.717) is 5.02 Å². The summed E-state index contributed by atoms with van der Waals surface area (Å²) in [6.45, 7) is 0.264. The lowest BCUT2D eigenvalue weighted by Gasteiger charge is -2.07. The Hall–Kier alpha value is -2.73. The van der Waals surface area contributed by atoms with Crippen LogP contribution in [0.5, 0.6) is 0 Å². The average molecular weight is 362 g/mol. The van der Waals surface area contributed by atoms with Crippen LogP contribution < -0.4 is 5.32 Å². The minimum Gasteiger partial charge on any atom is -0.348 e. The molecule has 0 unspecified atom stereocenters. The Labute approximate surface area is 148 Å². The number of benzene rings is 2. The minimum absolute atomic E-state index is 0.0647. The molecule has 2 aromatic carbocycles. The van der Waals surface area contributed by atoms with Gasteiger partial charge in [0.1, 0.15) is 17.3 Å². The molecule has 0 saturated heterocycles. The molecule has 3 aromatic rings. The molecule has 3 rings (SSSR count). The first-order chi connectivity index (χ1) is 11.9. The highest BCUT2D eigenvalue weighted by Crippen LogP contribution is 2.25. The summed E-state index contributed by atoms with van der Waals surface area (Å²) in [4.78, 5) is 12.5. The maximum absolute atomic E-state index is 14.0. The lowest BCUT2D eigenvalue weighted by molar-refractivity contribution is 0.0951. The summed E-state index contributed by atoms with van der Waals surface area (Å²) >= 11 is 5.92. The van der Waals surface area contributed by atoms with Crippen molar-refractivity contribution >= 4 is 17.5 Å². The number of hydrogen-bond donors (Lipinski definition) is 1. The van der Waals surface area contributed by atoms with E-state index in [4.69, 9.17) is 11.6 Å². The second kappa shape index (κ2) is 7.03. The zero-order valence-corrected chi connectivity index (χ0v) is 14.0. The number of hydrogen-bond acceptors (Lipinski definition) is 2. The SMILES string of the molecule is Cn1cc(C(=O)NCc2cccc(Cl)c2)c(-c2ccc(F)cc2F)n1. The van der Waals surface area contributed by atoms with Crippen molar-refractivity contribution in [1.29, 1.82) is 0 Å². The van der Waals surface area contributed by atoms with Crippen molar-refractivity contribution in [2.75, 3.05) is 0 Å². The predicted molar refractivity (Wildman–Crippen MR) is 91.2 cm³/mol. The van der Waals surface area contributed by atoms with E-state index in [9.17, 15) is 13.6 Å². The average Bonchev–Trinajstić information content (AvgIpc) is 2.94. The molecule has 0 radical (unpaired) electrons. The number of amides is 1. The van der Waals surface area contributed by atoms with Gasteiger partial charge in [-0.05, 0) is 29.8 Å². The van der Waals surface area contributed by atoms with Gasteiger partial charge in [0.25, 0.3) is 5.91 Å². The van der Waals surface area contributed by atoms with Crippen LogP contribution in [0.15, 0.2) is 48.7 Å². The zero-order chi connectivity index (χ0) is 18.0. The highest BCUT2D eigenvalue weighted by Gasteiger charge is 2.20. The van der Waals surface area contributed by atoms with Crippen molar-refractivity contribution in [1.82, 2.24) is 15.1 Å². The fraction of sp³-hybridized carbons (Fsp3) is 0.111. The standard InChI is InChI=1S/C18H14ClF2N3O/c1-24-10-15(17(23-24)14-6-5-13(20)8-16(14)21)18(25)22-9-11-3-2-4-12(19)7-11/h2-8,10H,9H2,1H3,(H,22,25). The molecule has 0 aliphatic carbocycles. The van der Waals surface area contributed by atoms with E-state index in [2.05, 4.69) is 10.4 Å². The Morgan fingerprint density at radius 2 is 2.04 bits per heavy atom. The summed E-state index contributed by atoms with van der Waals surface area (Å²) in [6.07, 6.45) is 1.49. The predicted octanol–water partition coefficient (Wildman–Crippen LogP) is 3.95. The second-order valence-corrected chi connectivity index (χ2v) is 5.94. The second-order valence-electron chi connectivity index (χ2n) is 5.50. The van der Waals surface area contributed by atoms with Crippen LogP contribution in [0.25, 0.3) is 11.3 Å². The van der Waals surface area contributed by atoms with Gasteiger partial charge in [-0.1, -0.05) is 23.7 Å². The van der Waals surface area contributed by atoms with E-state index < -0.39 is 17.5 Å². The molecule has 0 bridgehead atoms. The van der Waals surface area contributed by atoms with Gasteiger partial charge in [-0.3, -0.25) is 9.48 Å². The van der Waals surface area contributed by atoms with Gasteiger partial charge >= 0.3 is 0 Å². The number of carbonyl (C=O) groups excluding carboxylic acids is 1. The number of halogens is 3. The van der Waals surface area contributed by atoms with Crippen LogP contribution in [0.4, 0.5) is 8.78 Å². The summed E-state index contributed by atoms with van der Waals surface area (Å²) in [6, 6.07) is 10.2. The van der Waals surface area contributed by atoms with Gasteiger partial charge in [0, 0.05) is 36.4 Å². The molecule has 0 saturated carbocycles. The van der Waals surface area contributed by atoms with Gasteiger partial charge < -0.3 is 5.32 Å². The van der Waals surface area contributed by atoms with Crippen LogP contribution in [0.3, 0.4) is 0 Å². The molecule has 1 heterocycles. The topological polar surface area (TPSA) is 46.9 Å². The molecule has 1 N–H and O–H groups in total. The van der Waals surface area contributed by atoms with Gasteiger partial charge in [0.05, 0.1) is 5.56 Å². The lowest BCUT2D eigenvalue weighted by Crippen LogP contribution is -2.23. The molecule has 1 amide bonds. The Morgan fingerprint density at radius 3 is 2.76 bits per heavy atom. The number of rotatable bonds is 4. The molecule has 0 atom stereocenters. The number of carbonyl (C=O) groups is 1. The molecule has 0 aliphatic rings. The Balaban J connectivity index is 1.86. The van der Waals surface area contributed by atoms with Crippen LogP contribution in [0.1, 0.15) is 15.9 Å². The first-order valence-electron chi connectivity index (χ1n) is 7.46. The molecule has 128 valence electrons. The van der Waals surface area contributed by atoms with Crippen LogP contribution >= 0.6 is 11.6 Å². The summed E-state index contributed by atoms with van der Waals surface area (Å²) in [5.41, 5.74) is 1.26. The first kappa shape index (κ1) is 17.1. The minimum atomic E-state index is -0.775. The van der Waals surface area contributed by atoms with E-state index in [1.165, 1.54) is 16.9 Å². The normalized spacial score (nSPS) is 10.7. The summed E-state index contributed by atoms with van der Waals surface area (Å²) in [7, 11) is 1.62. The maximum atomic E-state index is 14.0. The fourth-order valence-electron chi connectivity index (χ4n) is 2.46. The van der Waals surface area contributed by atoms with Crippen molar-refractivity contribution < 1.29 is 13.6 Å². The van der Waals surface area contributed by atoms with E-state index in [-0.39, 0.29) is 23.4 Å². The van der Waals surface area contributed by atoms with Crippen molar-refractivity contribution in [3.8, 4) is 11.3 Å². The van der Waals surface area contributed by atoms with Gasteiger partial charge in [0.2, 0.25) is 0 Å². The van der Waals surface area contributed by atoms with Crippen LogP contribution in [0.2, 0.25) is 5.02 Å². The van der Waals surface area contributed by atoms with Gasteiger partial charge in [0.15, 0.2) is 0 Å². The van der Waals surface area contributed by atoms with Crippen LogP contribution in [0, 0.1) is 11.6 Å². The summed E-state index contributed by atoms with van der Waals surface area (Å²) in [5, 5.41) is 7.45. The lowest BCUT2D eigenvalue weighted by atomic mass is 10.1. The maximum Gasteiger partial charge on any atom is 0.255 e. The molecule has 0 spiro atoms. The molecule has 0 fully saturated rings. The van der Waals surface area contributed by atoms with Gasteiger partial charge in [-0.2, -0.15) is 5.10 Å². The number of nitrogens with zero attached hydrogens (tertiary/aromatic N) is 2. The zero-order valence-electron chi connectivity index (χ0n) is 13.3. The largest absolute Gasteiger partial charge is 0.348 e. The Morgan fingerprint density at radius 1 is 1.24 bits per heavy atom. The third kappa shape index (κ3) is 3.85. The van der Waals surface area contributed by atoms with Crippen molar-refractivity contribution in [3.63, 3.8) is 0 Å². The quantitative estimate of drug-likeness (QED) is 0.765. The molecule has 1 aromatic heterocycles. The van der Waals surface area contributed by atoms with E-state index in [1.807, 2.05) is 6.07 Å². The Bertz CT molecular complexity index is 940. The van der Waals surface area contributed by atoms with E-state index in [1.54, 1.807) is 25.2 Å². The fourth-order valence-corrected chi connectivity index (χ4v) is 2.67. The molecule has 7 heteroatoms. The third-order valence-electron chi connectivity index (χ3n) is 3.60. The molecule has 25 heavy (non-hydrogen) atoms. The monoisotopic (exact) mass is 361 g/mol. The number of aromatic nitrogens is 2. The highest BCUT2D eigenvalue weighted by atomic mass is 35.5. The molecular weight excluding hydrogens is 348 g/mol. The van der Waals surface area contributed by atoms with Gasteiger partial charge in [-0.15, -0.1) is 0 Å². The van der Waals surface area contributed by atoms with Crippen LogP contribution in [-0.2, 0) is 13.6 Å². The van der Waals surface area contributed by atoms with E-state index in [0.717, 1.165) is 17.7 Å². The van der Waals surface area contributed by atoms with Crippen molar-refractivity contribution in [2.45, 2.75) is 6.54 Å². The summed E-state index contributed by atoms with van der Waals surface area (Å²) < 4.78 is 28.6. The van der Waals surface area contributed by atoms with E-state index >= 15 is 0 Å². The third-order valence-corrected chi connectivity index (χ3v) is 3.84. The molecular formula is C18H14ClF2N3O. The highest BCUT2D eigenvalue weighted by molar-refractivity contribution is 6.30. The van der Waals surface area contributed by atoms with Crippen molar-refractivity contribution in [2.24, 2.45) is 7.05 Å². The summed E-state index contributed by atoms with van der Waals surface area (Å²) in [5.74, 6) is -1.88. The van der Waals surface area contributed by atoms with Crippen LogP contribution in [-0.4, -0.2) is 15.7 Å². The molecule has 0 aliphatic heterocycles. The number of nitrogens with one attached hydrogen (secondary N) is 1. The number of aryl methyl sites for hydroxylation is 1. The first-order valence-corrected chi connectivity index (χ1v) is 7.83. The molecule has 4 nitrogen and oxygen atoms in total. The smallest absolute Gasteiger partial charge is 0.255 e. The Kier molecular flexibility index (Phi) is 4.81. The van der Waals surface area contributed by atoms with Gasteiger partial charge in [-0.25, -0.2) is 8.78 Å². The van der Waals surface area contributed by atoms with Crippen molar-refractivity contribution in [3.05, 3.63) is 76.4 Å².